The molecule has 1 aliphatic carbocycles. The minimum absolute atomic E-state index is 0.331. The molecule has 3 nitrogen and oxygen atoms in total. The Hall–Kier alpha value is -1.16. The molecule has 1 saturated heterocycles. The van der Waals surface area contributed by atoms with Crippen LogP contribution in [0.2, 0.25) is 0 Å². The van der Waals surface area contributed by atoms with E-state index in [9.17, 15) is 0 Å². The van der Waals surface area contributed by atoms with E-state index in [1.807, 2.05) is 0 Å². The molecule has 0 aromatic carbocycles. The molecule has 3 heteroatoms. The molecule has 4 atom stereocenters. The number of rotatable bonds is 32. The summed E-state index contributed by atoms with van der Waals surface area (Å²) in [7, 11) is 2.26. The van der Waals surface area contributed by atoms with Crippen molar-refractivity contribution >= 4 is 0 Å². The average Bonchev–Trinajstić information content (AvgIpc) is 3.39. The zero-order chi connectivity index (χ0) is 32.8. The summed E-state index contributed by atoms with van der Waals surface area (Å²) >= 11 is 0. The quantitative estimate of drug-likeness (QED) is 0.0540. The van der Waals surface area contributed by atoms with Crippen LogP contribution in [0.5, 0.6) is 0 Å². The molecule has 2 aliphatic rings. The fourth-order valence-electron chi connectivity index (χ4n) is 7.16. The Labute approximate surface area is 287 Å². The lowest BCUT2D eigenvalue weighted by molar-refractivity contribution is -0.189. The van der Waals surface area contributed by atoms with Crippen LogP contribution in [0.15, 0.2) is 48.6 Å². The van der Waals surface area contributed by atoms with Crippen LogP contribution < -0.4 is 0 Å². The molecule has 1 aliphatic heterocycles. The molecule has 266 valence electrons. The van der Waals surface area contributed by atoms with Crippen LogP contribution in [-0.2, 0) is 9.47 Å². The molecule has 2 rings (SSSR count). The van der Waals surface area contributed by atoms with Crippen molar-refractivity contribution in [1.82, 2.24) is 4.90 Å². The van der Waals surface area contributed by atoms with Gasteiger partial charge in [-0.25, -0.2) is 0 Å². The maximum Gasteiger partial charge on any atom is 0.0884 e. The molecule has 0 spiro atoms. The van der Waals surface area contributed by atoms with Crippen molar-refractivity contribution in [3.05, 3.63) is 48.6 Å². The fraction of sp³-hybridized carbons (Fsp3) is 0.814. The zero-order valence-corrected chi connectivity index (χ0v) is 31.0. The first-order chi connectivity index (χ1) is 22.8. The largest absolute Gasteiger partial charge is 0.375 e. The fourth-order valence-corrected chi connectivity index (χ4v) is 7.16. The predicted molar refractivity (Wildman–Crippen MR) is 203 cm³/mol. The lowest BCUT2D eigenvalue weighted by Gasteiger charge is -2.47. The number of hydrogen-bond donors (Lipinski definition) is 0. The van der Waals surface area contributed by atoms with Crippen LogP contribution in [0.25, 0.3) is 0 Å². The molecule has 0 aromatic heterocycles. The molecule has 2 fully saturated rings. The van der Waals surface area contributed by atoms with Crippen LogP contribution >= 0.6 is 0 Å². The molecule has 0 amide bonds. The van der Waals surface area contributed by atoms with Gasteiger partial charge in [0.15, 0.2) is 0 Å². The van der Waals surface area contributed by atoms with Crippen molar-refractivity contribution in [2.24, 2.45) is 11.8 Å². The van der Waals surface area contributed by atoms with Gasteiger partial charge >= 0.3 is 0 Å². The first kappa shape index (κ1) is 41.0. The van der Waals surface area contributed by atoms with E-state index in [-0.39, 0.29) is 0 Å². The van der Waals surface area contributed by atoms with Gasteiger partial charge in [0.25, 0.3) is 0 Å². The van der Waals surface area contributed by atoms with Crippen LogP contribution in [0, 0.1) is 11.8 Å². The van der Waals surface area contributed by atoms with Crippen LogP contribution in [0.1, 0.15) is 168 Å². The van der Waals surface area contributed by atoms with E-state index in [2.05, 4.69) is 74.4 Å². The zero-order valence-electron chi connectivity index (χ0n) is 31.0. The predicted octanol–water partition coefficient (Wildman–Crippen LogP) is 12.6. The number of nitrogens with zero attached hydrogens (tertiary/aromatic N) is 1. The highest BCUT2D eigenvalue weighted by molar-refractivity contribution is 5.05. The second-order valence-corrected chi connectivity index (χ2v) is 14.4. The van der Waals surface area contributed by atoms with E-state index in [1.54, 1.807) is 0 Å². The maximum absolute atomic E-state index is 6.48. The first-order valence-corrected chi connectivity index (χ1v) is 20.3. The van der Waals surface area contributed by atoms with Crippen molar-refractivity contribution in [3.8, 4) is 0 Å². The average molecular weight is 640 g/mol. The second kappa shape index (κ2) is 29.9. The van der Waals surface area contributed by atoms with Gasteiger partial charge in [-0.3, -0.25) is 0 Å². The van der Waals surface area contributed by atoms with Gasteiger partial charge in [0.05, 0.1) is 12.2 Å². The van der Waals surface area contributed by atoms with Crippen molar-refractivity contribution in [3.63, 3.8) is 0 Å². The highest BCUT2D eigenvalue weighted by Crippen LogP contribution is 2.44. The number of unbranched alkanes of at least 4 members (excludes halogenated alkanes) is 18. The van der Waals surface area contributed by atoms with E-state index >= 15 is 0 Å². The van der Waals surface area contributed by atoms with Gasteiger partial charge in [-0.15, -0.1) is 0 Å². The number of allylic oxidation sites excluding steroid dienone is 8. The van der Waals surface area contributed by atoms with Gasteiger partial charge in [-0.05, 0) is 84.1 Å². The standard InChI is InChI=1S/C43H77NO2/c1-4-6-8-10-12-14-16-18-20-22-24-26-28-30-32-34-36-45-42-40-38-44(3)39-41(40)43(42)46-37-35-33-31-29-27-25-23-21-19-17-15-13-11-9-7-5-2/h12-15,18-21,40-43H,4-11,16-17,22-39H2,1-3H3/b14-12-,15-13-,20-18-,21-19-/t40?,41?,42-,43-/m1/s1. The molecule has 0 N–H and O–H groups in total. The van der Waals surface area contributed by atoms with E-state index in [1.165, 1.54) is 154 Å². The minimum atomic E-state index is 0.331. The molecular formula is C43H77NO2. The van der Waals surface area contributed by atoms with E-state index in [4.69, 9.17) is 9.47 Å². The third-order valence-corrected chi connectivity index (χ3v) is 10.1. The SMILES string of the molecule is CCCCC/C=C\C/C=C\CCCCCCCCO[C@@H]1C2CN(C)CC2[C@H]1OCCCCCCCC/C=C\C/C=C\CCCCC. The molecule has 0 radical (unpaired) electrons. The van der Waals surface area contributed by atoms with Crippen LogP contribution in [0.4, 0.5) is 0 Å². The van der Waals surface area contributed by atoms with Crippen molar-refractivity contribution in [2.75, 3.05) is 33.4 Å². The molecule has 1 heterocycles. The van der Waals surface area contributed by atoms with Crippen LogP contribution in [0.3, 0.4) is 0 Å². The number of ether oxygens (including phenoxy) is 2. The Bertz CT molecular complexity index is 722. The maximum atomic E-state index is 6.48. The molecular weight excluding hydrogens is 562 g/mol. The Morgan fingerprint density at radius 1 is 0.435 bits per heavy atom. The highest BCUT2D eigenvalue weighted by Gasteiger charge is 2.55. The first-order valence-electron chi connectivity index (χ1n) is 20.3. The van der Waals surface area contributed by atoms with Crippen LogP contribution in [-0.4, -0.2) is 50.5 Å². The molecule has 0 bridgehead atoms. The Morgan fingerprint density at radius 3 is 1.13 bits per heavy atom. The topological polar surface area (TPSA) is 21.7 Å². The van der Waals surface area contributed by atoms with Crippen molar-refractivity contribution < 1.29 is 9.47 Å². The normalized spacial score (nSPS) is 21.9. The van der Waals surface area contributed by atoms with Gasteiger partial charge in [-0.1, -0.05) is 140 Å². The molecule has 46 heavy (non-hydrogen) atoms. The summed E-state index contributed by atoms with van der Waals surface area (Å²) in [5.74, 6) is 1.38. The summed E-state index contributed by atoms with van der Waals surface area (Å²) in [5, 5.41) is 0. The summed E-state index contributed by atoms with van der Waals surface area (Å²) in [6, 6.07) is 0. The van der Waals surface area contributed by atoms with Crippen molar-refractivity contribution in [2.45, 2.75) is 180 Å². The van der Waals surface area contributed by atoms with Crippen molar-refractivity contribution in [1.29, 1.82) is 0 Å². The lowest BCUT2D eigenvalue weighted by atomic mass is 9.70. The summed E-state index contributed by atoms with van der Waals surface area (Å²) < 4.78 is 13.0. The Morgan fingerprint density at radius 2 is 0.761 bits per heavy atom. The summed E-state index contributed by atoms with van der Waals surface area (Å²) in [6.45, 7) is 8.73. The smallest absolute Gasteiger partial charge is 0.0884 e. The van der Waals surface area contributed by atoms with Gasteiger partial charge in [-0.2, -0.15) is 0 Å². The van der Waals surface area contributed by atoms with E-state index in [0.29, 0.717) is 24.0 Å². The molecule has 2 unspecified atom stereocenters. The number of fused-ring (bicyclic) bond motifs is 1. The highest BCUT2D eigenvalue weighted by atomic mass is 16.5. The Kier molecular flexibility index (Phi) is 26.7. The summed E-state index contributed by atoms with van der Waals surface area (Å²) in [4.78, 5) is 2.48. The van der Waals surface area contributed by atoms with Gasteiger partial charge in [0, 0.05) is 38.1 Å². The molecule has 0 aromatic rings. The van der Waals surface area contributed by atoms with E-state index < -0.39 is 0 Å². The van der Waals surface area contributed by atoms with E-state index in [0.717, 1.165) is 26.1 Å². The minimum Gasteiger partial charge on any atom is -0.375 e. The number of likely N-dealkylation sites (tertiary alicyclic amines) is 1. The third-order valence-electron chi connectivity index (χ3n) is 10.1. The third kappa shape index (κ3) is 20.3. The second-order valence-electron chi connectivity index (χ2n) is 14.4. The number of hydrogen-bond acceptors (Lipinski definition) is 3. The Balaban J connectivity index is 1.40. The summed E-state index contributed by atoms with van der Waals surface area (Å²) in [5.41, 5.74) is 0. The van der Waals surface area contributed by atoms with Gasteiger partial charge in [0.1, 0.15) is 0 Å². The molecule has 1 saturated carbocycles. The lowest BCUT2D eigenvalue weighted by Crippen LogP contribution is -2.57. The summed E-state index contributed by atoms with van der Waals surface area (Å²) in [6.07, 6.45) is 50.5. The van der Waals surface area contributed by atoms with Gasteiger partial charge < -0.3 is 14.4 Å². The van der Waals surface area contributed by atoms with Gasteiger partial charge in [0.2, 0.25) is 0 Å². The monoisotopic (exact) mass is 640 g/mol.